The zero-order valence-corrected chi connectivity index (χ0v) is 14.3. The normalized spacial score (nSPS) is 11.9. The van der Waals surface area contributed by atoms with Crippen LogP contribution in [-0.2, 0) is 0 Å². The molecule has 3 nitrogen and oxygen atoms in total. The Bertz CT molecular complexity index is 660. The third kappa shape index (κ3) is 4.53. The molecule has 0 unspecified atom stereocenters. The summed E-state index contributed by atoms with van der Waals surface area (Å²) in [6.07, 6.45) is 3.58. The highest BCUT2D eigenvalue weighted by molar-refractivity contribution is 6.70. The number of hydrogen-bond acceptors (Lipinski definition) is 3. The fourth-order valence-electron chi connectivity index (χ4n) is 1.90. The Morgan fingerprint density at radius 2 is 1.90 bits per heavy atom. The van der Waals surface area contributed by atoms with E-state index in [9.17, 15) is 0 Å². The van der Waals surface area contributed by atoms with E-state index in [0.29, 0.717) is 0 Å². The van der Waals surface area contributed by atoms with Crippen LogP contribution in [-0.4, -0.2) is 19.5 Å². The zero-order chi connectivity index (χ0) is 15.5. The van der Waals surface area contributed by atoms with Crippen molar-refractivity contribution in [1.82, 2.24) is 4.98 Å². The minimum atomic E-state index is -1.66. The van der Waals surface area contributed by atoms with Crippen LogP contribution in [0, 0.1) is 13.8 Å². The van der Waals surface area contributed by atoms with Gasteiger partial charge in [-0.1, -0.05) is 12.1 Å². The number of pyridine rings is 1. The average molecular weight is 298 g/mol. The maximum atomic E-state index is 6.14. The first-order valence-electron chi connectivity index (χ1n) is 7.10. The Kier molecular flexibility index (Phi) is 4.58. The summed E-state index contributed by atoms with van der Waals surface area (Å²) in [4.78, 5) is 8.91. The summed E-state index contributed by atoms with van der Waals surface area (Å²) in [6, 6.07) is 10.1. The van der Waals surface area contributed by atoms with Gasteiger partial charge in [-0.3, -0.25) is 9.98 Å². The lowest BCUT2D eigenvalue weighted by atomic mass is 10.2. The van der Waals surface area contributed by atoms with Gasteiger partial charge >= 0.3 is 0 Å². The third-order valence-electron chi connectivity index (χ3n) is 2.91. The molecule has 110 valence electrons. The van der Waals surface area contributed by atoms with Gasteiger partial charge in [0.1, 0.15) is 11.4 Å². The third-order valence-corrected chi connectivity index (χ3v) is 3.74. The molecule has 0 N–H and O–H groups in total. The van der Waals surface area contributed by atoms with Gasteiger partial charge in [-0.2, -0.15) is 0 Å². The average Bonchev–Trinajstić information content (AvgIpc) is 2.38. The van der Waals surface area contributed by atoms with E-state index in [-0.39, 0.29) is 0 Å². The van der Waals surface area contributed by atoms with Crippen molar-refractivity contribution in [3.63, 3.8) is 0 Å². The fourth-order valence-corrected chi connectivity index (χ4v) is 2.73. The monoisotopic (exact) mass is 298 g/mol. The topological polar surface area (TPSA) is 34.5 Å². The Morgan fingerprint density at radius 1 is 1.14 bits per heavy atom. The molecule has 21 heavy (non-hydrogen) atoms. The van der Waals surface area contributed by atoms with Crippen LogP contribution in [0.1, 0.15) is 16.8 Å². The van der Waals surface area contributed by atoms with Crippen LogP contribution < -0.4 is 4.43 Å². The Hall–Kier alpha value is -1.94. The first-order chi connectivity index (χ1) is 9.85. The molecule has 0 saturated heterocycles. The fraction of sp³-hybridized carbons (Fsp3) is 0.294. The van der Waals surface area contributed by atoms with Crippen LogP contribution in [0.15, 0.2) is 41.5 Å². The predicted octanol–water partition coefficient (Wildman–Crippen LogP) is 4.66. The van der Waals surface area contributed by atoms with Crippen LogP contribution in [0.4, 0.5) is 5.69 Å². The summed E-state index contributed by atoms with van der Waals surface area (Å²) in [5.41, 5.74) is 4.03. The maximum Gasteiger partial charge on any atom is 0.242 e. The van der Waals surface area contributed by atoms with E-state index in [4.69, 9.17) is 4.43 Å². The smallest absolute Gasteiger partial charge is 0.242 e. The lowest BCUT2D eigenvalue weighted by molar-refractivity contribution is 0.558. The van der Waals surface area contributed by atoms with Gasteiger partial charge in [0, 0.05) is 6.20 Å². The highest BCUT2D eigenvalue weighted by atomic mass is 28.4. The second-order valence-corrected chi connectivity index (χ2v) is 10.6. The first kappa shape index (κ1) is 15.4. The van der Waals surface area contributed by atoms with E-state index >= 15 is 0 Å². The maximum absolute atomic E-state index is 6.14. The Morgan fingerprint density at radius 3 is 2.57 bits per heavy atom. The quantitative estimate of drug-likeness (QED) is 0.607. The van der Waals surface area contributed by atoms with Crippen molar-refractivity contribution in [3.8, 4) is 5.75 Å². The summed E-state index contributed by atoms with van der Waals surface area (Å²) < 4.78 is 6.14. The molecule has 1 heterocycles. The van der Waals surface area contributed by atoms with Crippen LogP contribution >= 0.6 is 0 Å². The van der Waals surface area contributed by atoms with Crippen LogP contribution in [0.2, 0.25) is 19.6 Å². The zero-order valence-electron chi connectivity index (χ0n) is 13.3. The molecular weight excluding hydrogens is 276 g/mol. The van der Waals surface area contributed by atoms with Crippen LogP contribution in [0.25, 0.3) is 0 Å². The van der Waals surface area contributed by atoms with Gasteiger partial charge in [0.25, 0.3) is 0 Å². The van der Waals surface area contributed by atoms with Crippen LogP contribution in [0.3, 0.4) is 0 Å². The van der Waals surface area contributed by atoms with Crippen molar-refractivity contribution >= 4 is 20.2 Å². The van der Waals surface area contributed by atoms with E-state index in [1.165, 1.54) is 5.56 Å². The molecule has 0 amide bonds. The van der Waals surface area contributed by atoms with Crippen LogP contribution in [0.5, 0.6) is 5.75 Å². The predicted molar refractivity (Wildman–Crippen MR) is 91.4 cm³/mol. The number of aliphatic imine (C=N–C) groups is 1. The van der Waals surface area contributed by atoms with Crippen molar-refractivity contribution < 1.29 is 4.43 Å². The molecule has 0 aliphatic rings. The molecule has 0 fully saturated rings. The van der Waals surface area contributed by atoms with Gasteiger partial charge in [0.05, 0.1) is 11.9 Å². The van der Waals surface area contributed by atoms with E-state index < -0.39 is 8.32 Å². The molecule has 1 aromatic heterocycles. The highest BCUT2D eigenvalue weighted by Crippen LogP contribution is 2.30. The standard InChI is InChI=1S/C17H22N2OSi/c1-13-8-9-15(17(11-13)20-21(3,4)5)19-12-16-14(2)7-6-10-18-16/h6-12H,1-5H3/b19-12-. The van der Waals surface area contributed by atoms with Gasteiger partial charge in [0.2, 0.25) is 8.32 Å². The molecule has 0 saturated carbocycles. The number of benzene rings is 1. The number of aromatic nitrogens is 1. The van der Waals surface area contributed by atoms with Crippen molar-refractivity contribution in [2.24, 2.45) is 4.99 Å². The van der Waals surface area contributed by atoms with Gasteiger partial charge in [-0.05, 0) is 62.8 Å². The minimum Gasteiger partial charge on any atom is -0.543 e. The molecule has 4 heteroatoms. The molecular formula is C17H22N2OSi. The lowest BCUT2D eigenvalue weighted by Gasteiger charge is -2.20. The molecule has 2 rings (SSSR count). The van der Waals surface area contributed by atoms with Gasteiger partial charge in [0.15, 0.2) is 0 Å². The molecule has 2 aromatic rings. The summed E-state index contributed by atoms with van der Waals surface area (Å²) in [7, 11) is -1.66. The van der Waals surface area contributed by atoms with Gasteiger partial charge in [-0.15, -0.1) is 0 Å². The van der Waals surface area contributed by atoms with Gasteiger partial charge in [-0.25, -0.2) is 0 Å². The second-order valence-electron chi connectivity index (χ2n) is 6.15. The SMILES string of the molecule is Cc1ccc(/N=C\c2ncccc2C)c(O[Si](C)(C)C)c1. The van der Waals surface area contributed by atoms with Crippen molar-refractivity contribution in [2.75, 3.05) is 0 Å². The van der Waals surface area contributed by atoms with E-state index in [0.717, 1.165) is 22.7 Å². The Balaban J connectivity index is 2.34. The minimum absolute atomic E-state index is 0.855. The van der Waals surface area contributed by atoms with Crippen molar-refractivity contribution in [3.05, 3.63) is 53.3 Å². The Labute approximate surface area is 127 Å². The largest absolute Gasteiger partial charge is 0.543 e. The first-order valence-corrected chi connectivity index (χ1v) is 10.5. The van der Waals surface area contributed by atoms with Gasteiger partial charge < -0.3 is 4.43 Å². The summed E-state index contributed by atoms with van der Waals surface area (Å²) in [6.45, 7) is 10.6. The van der Waals surface area contributed by atoms with E-state index in [1.807, 2.05) is 25.1 Å². The van der Waals surface area contributed by atoms with E-state index in [1.54, 1.807) is 12.4 Å². The molecule has 0 aliphatic carbocycles. The molecule has 0 atom stereocenters. The number of rotatable bonds is 4. The van der Waals surface area contributed by atoms with Crippen molar-refractivity contribution in [1.29, 1.82) is 0 Å². The number of nitrogens with zero attached hydrogens (tertiary/aromatic N) is 2. The highest BCUT2D eigenvalue weighted by Gasteiger charge is 2.18. The second kappa shape index (κ2) is 6.22. The lowest BCUT2D eigenvalue weighted by Crippen LogP contribution is -2.29. The summed E-state index contributed by atoms with van der Waals surface area (Å²) in [5.74, 6) is 0.860. The molecule has 0 bridgehead atoms. The molecule has 0 spiro atoms. The molecule has 1 aromatic carbocycles. The van der Waals surface area contributed by atoms with E-state index in [2.05, 4.69) is 48.7 Å². The molecule has 0 aliphatic heterocycles. The number of aryl methyl sites for hydroxylation is 2. The summed E-state index contributed by atoms with van der Waals surface area (Å²) in [5, 5.41) is 0. The molecule has 0 radical (unpaired) electrons. The van der Waals surface area contributed by atoms with Crippen molar-refractivity contribution in [2.45, 2.75) is 33.5 Å². The summed E-state index contributed by atoms with van der Waals surface area (Å²) >= 11 is 0. The number of hydrogen-bond donors (Lipinski definition) is 0.